The van der Waals surface area contributed by atoms with Gasteiger partial charge in [-0.15, -0.1) is 0 Å². The summed E-state index contributed by atoms with van der Waals surface area (Å²) in [6.45, 7) is 4.33. The van der Waals surface area contributed by atoms with Crippen LogP contribution in [0, 0.1) is 10.1 Å². The predicted molar refractivity (Wildman–Crippen MR) is 102 cm³/mol. The lowest BCUT2D eigenvalue weighted by Crippen LogP contribution is -2.62. The van der Waals surface area contributed by atoms with Gasteiger partial charge < -0.3 is 4.90 Å². The first-order chi connectivity index (χ1) is 12.5. The molecule has 6 nitrogen and oxygen atoms in total. The Morgan fingerprint density at radius 3 is 2.65 bits per heavy atom. The zero-order valence-corrected chi connectivity index (χ0v) is 15.7. The number of likely N-dealkylation sites (tertiary alicyclic amines) is 1. The molecular weight excluding hydrogens is 354 g/mol. The zero-order chi connectivity index (χ0) is 18.7. The van der Waals surface area contributed by atoms with Crippen LogP contribution in [0.3, 0.4) is 0 Å². The number of nitro groups is 1. The molecule has 2 aliphatic rings. The van der Waals surface area contributed by atoms with Crippen LogP contribution in [0.15, 0.2) is 24.3 Å². The van der Waals surface area contributed by atoms with E-state index in [-0.39, 0.29) is 23.7 Å². The maximum absolute atomic E-state index is 12.2. The molecular formula is C19H24ClN3O3. The number of hydrogen-bond acceptors (Lipinski definition) is 4. The number of rotatable bonds is 5. The number of piperidine rings is 1. The van der Waals surface area contributed by atoms with E-state index in [2.05, 4.69) is 9.80 Å². The van der Waals surface area contributed by atoms with E-state index < -0.39 is 4.92 Å². The highest BCUT2D eigenvalue weighted by Crippen LogP contribution is 2.30. The van der Waals surface area contributed by atoms with Crippen LogP contribution in [0.1, 0.15) is 38.2 Å². The van der Waals surface area contributed by atoms with Crippen molar-refractivity contribution in [3.8, 4) is 0 Å². The molecule has 0 aromatic heterocycles. The van der Waals surface area contributed by atoms with Crippen LogP contribution >= 0.6 is 11.6 Å². The summed E-state index contributed by atoms with van der Waals surface area (Å²) in [5.74, 6) is 0.251. The van der Waals surface area contributed by atoms with E-state index in [0.717, 1.165) is 25.9 Å². The van der Waals surface area contributed by atoms with Crippen LogP contribution in [0.25, 0.3) is 6.08 Å². The maximum Gasteiger partial charge on any atom is 0.278 e. The number of carbonyl (C=O) groups is 1. The van der Waals surface area contributed by atoms with E-state index in [1.165, 1.54) is 12.5 Å². The lowest BCUT2D eigenvalue weighted by Gasteiger charge is -2.50. The smallest absolute Gasteiger partial charge is 0.278 e. The molecule has 2 saturated heterocycles. The molecule has 2 heterocycles. The number of nitro benzene ring substituents is 1. The Kier molecular flexibility index (Phi) is 5.94. The SMILES string of the molecule is CCC(=O)N1C2CCCC1CN(C/C=C/c1c(Cl)cccc1[N+](=O)[O-])C2. The lowest BCUT2D eigenvalue weighted by molar-refractivity contribution is -0.385. The number of carbonyl (C=O) groups excluding carboxylic acids is 1. The summed E-state index contributed by atoms with van der Waals surface area (Å²) in [5, 5.41) is 11.5. The second kappa shape index (κ2) is 8.18. The highest BCUT2D eigenvalue weighted by molar-refractivity contribution is 6.32. The minimum Gasteiger partial charge on any atom is -0.334 e. The van der Waals surface area contributed by atoms with Crippen molar-refractivity contribution in [1.82, 2.24) is 9.80 Å². The molecule has 7 heteroatoms. The molecule has 2 fully saturated rings. The normalized spacial score (nSPS) is 23.4. The Balaban J connectivity index is 1.68. The highest BCUT2D eigenvalue weighted by Gasteiger charge is 2.38. The molecule has 0 saturated carbocycles. The molecule has 2 bridgehead atoms. The van der Waals surface area contributed by atoms with Gasteiger partial charge in [0.15, 0.2) is 0 Å². The number of benzene rings is 1. The average Bonchev–Trinajstić information content (AvgIpc) is 2.61. The molecule has 2 aliphatic heterocycles. The van der Waals surface area contributed by atoms with Gasteiger partial charge in [-0.3, -0.25) is 19.8 Å². The highest BCUT2D eigenvalue weighted by atomic mass is 35.5. The molecule has 0 aliphatic carbocycles. The van der Waals surface area contributed by atoms with Crippen LogP contribution in [0.2, 0.25) is 5.02 Å². The van der Waals surface area contributed by atoms with Gasteiger partial charge in [-0.2, -0.15) is 0 Å². The van der Waals surface area contributed by atoms with Gasteiger partial charge >= 0.3 is 0 Å². The average molecular weight is 378 g/mol. The van der Waals surface area contributed by atoms with Crippen molar-refractivity contribution < 1.29 is 9.72 Å². The van der Waals surface area contributed by atoms with Gasteiger partial charge in [-0.25, -0.2) is 0 Å². The summed E-state index contributed by atoms with van der Waals surface area (Å²) in [7, 11) is 0. The third kappa shape index (κ3) is 3.91. The third-order valence-electron chi connectivity index (χ3n) is 5.26. The molecule has 0 spiro atoms. The molecule has 26 heavy (non-hydrogen) atoms. The fraction of sp³-hybridized carbons (Fsp3) is 0.526. The fourth-order valence-electron chi connectivity index (χ4n) is 4.10. The summed E-state index contributed by atoms with van der Waals surface area (Å²) in [5.41, 5.74) is 0.461. The molecule has 0 radical (unpaired) electrons. The second-order valence-electron chi connectivity index (χ2n) is 6.94. The number of amides is 1. The standard InChI is InChI=1S/C19H24ClN3O3/c1-2-19(24)22-14-6-3-7-15(22)13-21(12-14)11-5-8-16-17(20)9-4-10-18(16)23(25)26/h4-5,8-10,14-15H,2-3,6-7,11-13H2,1H3/b8-5+. The van der Waals surface area contributed by atoms with Crippen LogP contribution in [0.5, 0.6) is 0 Å². The Morgan fingerprint density at radius 2 is 2.04 bits per heavy atom. The van der Waals surface area contributed by atoms with Crippen molar-refractivity contribution in [3.05, 3.63) is 45.0 Å². The molecule has 1 amide bonds. The quantitative estimate of drug-likeness (QED) is 0.579. The number of hydrogen-bond donors (Lipinski definition) is 0. The Hall–Kier alpha value is -1.92. The monoisotopic (exact) mass is 377 g/mol. The first-order valence-corrected chi connectivity index (χ1v) is 9.52. The number of fused-ring (bicyclic) bond motifs is 2. The van der Waals surface area contributed by atoms with Gasteiger partial charge in [-0.05, 0) is 31.4 Å². The van der Waals surface area contributed by atoms with E-state index >= 15 is 0 Å². The lowest BCUT2D eigenvalue weighted by atomic mass is 9.91. The molecule has 1 aromatic carbocycles. The minimum absolute atomic E-state index is 0.0176. The van der Waals surface area contributed by atoms with Crippen LogP contribution in [0.4, 0.5) is 5.69 Å². The van der Waals surface area contributed by atoms with Gasteiger partial charge in [0.25, 0.3) is 5.69 Å². The van der Waals surface area contributed by atoms with Crippen molar-refractivity contribution in [1.29, 1.82) is 0 Å². The van der Waals surface area contributed by atoms with Crippen LogP contribution in [-0.2, 0) is 4.79 Å². The minimum atomic E-state index is -0.412. The Labute approximate surface area is 158 Å². The van der Waals surface area contributed by atoms with Crippen LogP contribution in [-0.4, -0.2) is 52.3 Å². The van der Waals surface area contributed by atoms with Gasteiger partial charge in [0.05, 0.1) is 15.5 Å². The Morgan fingerprint density at radius 1 is 1.35 bits per heavy atom. The molecule has 3 rings (SSSR count). The van der Waals surface area contributed by atoms with E-state index in [1.807, 2.05) is 13.0 Å². The van der Waals surface area contributed by atoms with Gasteiger partial charge in [-0.1, -0.05) is 30.7 Å². The maximum atomic E-state index is 12.2. The number of piperazine rings is 1. The Bertz CT molecular complexity index is 708. The van der Waals surface area contributed by atoms with E-state index in [9.17, 15) is 14.9 Å². The number of nitrogens with zero attached hydrogens (tertiary/aromatic N) is 3. The van der Waals surface area contributed by atoms with Crippen molar-refractivity contribution in [2.45, 2.75) is 44.7 Å². The summed E-state index contributed by atoms with van der Waals surface area (Å²) >= 11 is 6.13. The topological polar surface area (TPSA) is 66.7 Å². The largest absolute Gasteiger partial charge is 0.334 e. The fourth-order valence-corrected chi connectivity index (χ4v) is 4.34. The van der Waals surface area contributed by atoms with E-state index in [0.29, 0.717) is 23.6 Å². The van der Waals surface area contributed by atoms with E-state index in [4.69, 9.17) is 11.6 Å². The van der Waals surface area contributed by atoms with Gasteiger partial charge in [0.1, 0.15) is 0 Å². The van der Waals surface area contributed by atoms with Gasteiger partial charge in [0.2, 0.25) is 5.91 Å². The number of halogens is 1. The first-order valence-electron chi connectivity index (χ1n) is 9.14. The molecule has 2 atom stereocenters. The second-order valence-corrected chi connectivity index (χ2v) is 7.35. The molecule has 1 aromatic rings. The van der Waals surface area contributed by atoms with Crippen molar-refractivity contribution in [2.75, 3.05) is 19.6 Å². The summed E-state index contributed by atoms with van der Waals surface area (Å²) in [4.78, 5) is 27.4. The molecule has 140 valence electrons. The molecule has 0 N–H and O–H groups in total. The van der Waals surface area contributed by atoms with Crippen LogP contribution < -0.4 is 0 Å². The third-order valence-corrected chi connectivity index (χ3v) is 5.59. The summed E-state index contributed by atoms with van der Waals surface area (Å²) in [6.07, 6.45) is 7.51. The first kappa shape index (κ1) is 18.9. The predicted octanol–water partition coefficient (Wildman–Crippen LogP) is 3.74. The van der Waals surface area contributed by atoms with E-state index in [1.54, 1.807) is 18.2 Å². The van der Waals surface area contributed by atoms with Crippen molar-refractivity contribution in [3.63, 3.8) is 0 Å². The van der Waals surface area contributed by atoms with Crippen molar-refractivity contribution in [2.24, 2.45) is 0 Å². The molecule has 2 unspecified atom stereocenters. The zero-order valence-electron chi connectivity index (χ0n) is 14.9. The van der Waals surface area contributed by atoms with Crippen molar-refractivity contribution >= 4 is 29.3 Å². The summed E-state index contributed by atoms with van der Waals surface area (Å²) in [6, 6.07) is 5.29. The van der Waals surface area contributed by atoms with Gasteiger partial charge in [0, 0.05) is 44.2 Å². The summed E-state index contributed by atoms with van der Waals surface area (Å²) < 4.78 is 0.